The predicted octanol–water partition coefficient (Wildman–Crippen LogP) is 3.52. The van der Waals surface area contributed by atoms with Crippen LogP contribution in [0.3, 0.4) is 0 Å². The molecule has 0 spiro atoms. The minimum Gasteiger partial charge on any atom is -0.461 e. The zero-order valence-corrected chi connectivity index (χ0v) is 16.2. The van der Waals surface area contributed by atoms with Crippen molar-refractivity contribution in [2.45, 2.75) is 25.9 Å². The summed E-state index contributed by atoms with van der Waals surface area (Å²) in [5.74, 6) is -0.452. The highest BCUT2D eigenvalue weighted by Gasteiger charge is 2.12. The van der Waals surface area contributed by atoms with Gasteiger partial charge in [-0.15, -0.1) is 12.4 Å². The van der Waals surface area contributed by atoms with Crippen molar-refractivity contribution in [2.75, 3.05) is 6.54 Å². The Morgan fingerprint density at radius 3 is 2.50 bits per heavy atom. The Kier molecular flexibility index (Phi) is 8.04. The molecule has 0 fully saturated rings. The van der Waals surface area contributed by atoms with Gasteiger partial charge in [0.05, 0.1) is 12.8 Å². The molecule has 0 aliphatic heterocycles. The Hall–Kier alpha value is -2.83. The second kappa shape index (κ2) is 10.5. The molecule has 28 heavy (non-hydrogen) atoms. The van der Waals surface area contributed by atoms with E-state index >= 15 is 0 Å². The molecule has 0 bridgehead atoms. The summed E-state index contributed by atoms with van der Waals surface area (Å²) in [6.45, 7) is 0.741. The molecule has 3 N–H and O–H groups in total. The molecule has 0 unspecified atom stereocenters. The molecule has 1 heterocycles. The molecule has 0 aliphatic rings. The standard InChI is InChI=1S/C21H22N2O4.ClH/c22-11-10-16-13-23-19-7-6-17(12-18(16)19)27-21(25)9-8-20(24)26-14-15-4-2-1-3-5-15;/h1-7,12-13,23H,8-11,14,22H2;1H. The lowest BCUT2D eigenvalue weighted by Crippen LogP contribution is -2.12. The number of aromatic nitrogens is 1. The first-order valence-corrected chi connectivity index (χ1v) is 8.86. The van der Waals surface area contributed by atoms with Gasteiger partial charge in [0, 0.05) is 17.1 Å². The van der Waals surface area contributed by atoms with Crippen LogP contribution in [0.5, 0.6) is 5.75 Å². The third-order valence-corrected chi connectivity index (χ3v) is 4.16. The Bertz CT molecular complexity index is 925. The van der Waals surface area contributed by atoms with Gasteiger partial charge in [-0.05, 0) is 42.3 Å². The molecule has 0 aliphatic carbocycles. The van der Waals surface area contributed by atoms with Crippen molar-refractivity contribution >= 4 is 35.2 Å². The van der Waals surface area contributed by atoms with Gasteiger partial charge in [0.15, 0.2) is 0 Å². The lowest BCUT2D eigenvalue weighted by atomic mass is 10.1. The Morgan fingerprint density at radius 1 is 1.00 bits per heavy atom. The van der Waals surface area contributed by atoms with E-state index in [0.29, 0.717) is 12.3 Å². The number of hydrogen-bond acceptors (Lipinski definition) is 5. The lowest BCUT2D eigenvalue weighted by Gasteiger charge is -2.06. The van der Waals surface area contributed by atoms with E-state index in [1.165, 1.54) is 0 Å². The zero-order chi connectivity index (χ0) is 19.1. The minimum absolute atomic E-state index is 0. The molecule has 2 aromatic carbocycles. The maximum Gasteiger partial charge on any atom is 0.311 e. The van der Waals surface area contributed by atoms with E-state index in [9.17, 15) is 9.59 Å². The molecule has 0 atom stereocenters. The largest absolute Gasteiger partial charge is 0.461 e. The van der Waals surface area contributed by atoms with Gasteiger partial charge in [0.2, 0.25) is 0 Å². The molecule has 148 valence electrons. The average molecular weight is 403 g/mol. The van der Waals surface area contributed by atoms with Crippen LogP contribution in [0, 0.1) is 0 Å². The number of nitrogens with two attached hydrogens (primary N) is 1. The van der Waals surface area contributed by atoms with E-state index in [2.05, 4.69) is 4.98 Å². The van der Waals surface area contributed by atoms with E-state index in [-0.39, 0.29) is 31.9 Å². The highest BCUT2D eigenvalue weighted by molar-refractivity contribution is 5.86. The third kappa shape index (κ3) is 5.84. The SMILES string of the molecule is Cl.NCCc1c[nH]c2ccc(OC(=O)CCC(=O)OCc3ccccc3)cc12. The number of nitrogens with one attached hydrogen (secondary N) is 1. The number of ether oxygens (including phenoxy) is 2. The first-order valence-electron chi connectivity index (χ1n) is 8.86. The van der Waals surface area contributed by atoms with Crippen LogP contribution in [0.4, 0.5) is 0 Å². The maximum atomic E-state index is 12.0. The molecule has 3 aromatic rings. The van der Waals surface area contributed by atoms with Crippen LogP contribution >= 0.6 is 12.4 Å². The van der Waals surface area contributed by atoms with Gasteiger partial charge < -0.3 is 20.2 Å². The molecule has 6 nitrogen and oxygen atoms in total. The van der Waals surface area contributed by atoms with Crippen molar-refractivity contribution < 1.29 is 19.1 Å². The third-order valence-electron chi connectivity index (χ3n) is 4.16. The van der Waals surface area contributed by atoms with Crippen molar-refractivity contribution in [2.24, 2.45) is 5.73 Å². The second-order valence-electron chi connectivity index (χ2n) is 6.18. The molecule has 0 saturated carbocycles. The summed E-state index contributed by atoms with van der Waals surface area (Å²) in [4.78, 5) is 27.0. The van der Waals surface area contributed by atoms with Gasteiger partial charge in [-0.3, -0.25) is 9.59 Å². The van der Waals surface area contributed by atoms with Gasteiger partial charge in [-0.25, -0.2) is 0 Å². The van der Waals surface area contributed by atoms with Crippen LogP contribution in [-0.2, 0) is 27.4 Å². The monoisotopic (exact) mass is 402 g/mol. The van der Waals surface area contributed by atoms with E-state index in [4.69, 9.17) is 15.2 Å². The molecule has 0 radical (unpaired) electrons. The summed E-state index contributed by atoms with van der Waals surface area (Å²) in [7, 11) is 0. The summed E-state index contributed by atoms with van der Waals surface area (Å²) < 4.78 is 10.5. The van der Waals surface area contributed by atoms with Crippen LogP contribution in [0.25, 0.3) is 10.9 Å². The minimum atomic E-state index is -0.470. The number of H-pyrrole nitrogens is 1. The topological polar surface area (TPSA) is 94.4 Å². The maximum absolute atomic E-state index is 12.0. The number of hydrogen-bond donors (Lipinski definition) is 2. The van der Waals surface area contributed by atoms with E-state index < -0.39 is 11.9 Å². The van der Waals surface area contributed by atoms with Crippen LogP contribution in [0.15, 0.2) is 54.7 Å². The smallest absolute Gasteiger partial charge is 0.311 e. The molecular weight excluding hydrogens is 380 g/mol. The number of fused-ring (bicyclic) bond motifs is 1. The van der Waals surface area contributed by atoms with Gasteiger partial charge in [0.1, 0.15) is 12.4 Å². The fraction of sp³-hybridized carbons (Fsp3) is 0.238. The number of benzene rings is 2. The summed E-state index contributed by atoms with van der Waals surface area (Å²) in [6, 6.07) is 14.8. The van der Waals surface area contributed by atoms with Crippen LogP contribution in [-0.4, -0.2) is 23.5 Å². The first kappa shape index (κ1) is 21.5. The van der Waals surface area contributed by atoms with Crippen molar-refractivity contribution in [3.8, 4) is 5.75 Å². The summed E-state index contributed by atoms with van der Waals surface area (Å²) in [5, 5.41) is 0.980. The number of carbonyl (C=O) groups is 2. The normalized spacial score (nSPS) is 10.3. The van der Waals surface area contributed by atoms with Gasteiger partial charge in [-0.2, -0.15) is 0 Å². The number of esters is 2. The molecule has 0 amide bonds. The molecule has 7 heteroatoms. The lowest BCUT2D eigenvalue weighted by molar-refractivity contribution is -0.148. The van der Waals surface area contributed by atoms with Crippen molar-refractivity contribution in [3.63, 3.8) is 0 Å². The van der Waals surface area contributed by atoms with Crippen molar-refractivity contribution in [3.05, 3.63) is 65.9 Å². The summed E-state index contributed by atoms with van der Waals surface area (Å²) in [6.07, 6.45) is 2.60. The number of carbonyl (C=O) groups excluding carboxylic acids is 2. The van der Waals surface area contributed by atoms with Crippen LogP contribution < -0.4 is 10.5 Å². The van der Waals surface area contributed by atoms with Gasteiger partial charge >= 0.3 is 11.9 Å². The highest BCUT2D eigenvalue weighted by Crippen LogP contribution is 2.24. The number of aromatic amines is 1. The number of halogens is 1. The van der Waals surface area contributed by atoms with Crippen molar-refractivity contribution in [1.82, 2.24) is 4.98 Å². The molecule has 0 saturated heterocycles. The summed E-state index contributed by atoms with van der Waals surface area (Å²) in [5.41, 5.74) is 8.56. The Labute approximate surface area is 169 Å². The fourth-order valence-corrected chi connectivity index (χ4v) is 2.78. The van der Waals surface area contributed by atoms with E-state index in [0.717, 1.165) is 28.5 Å². The fourth-order valence-electron chi connectivity index (χ4n) is 2.78. The van der Waals surface area contributed by atoms with Gasteiger partial charge in [-0.1, -0.05) is 30.3 Å². The highest BCUT2D eigenvalue weighted by atomic mass is 35.5. The van der Waals surface area contributed by atoms with Crippen LogP contribution in [0.2, 0.25) is 0 Å². The Morgan fingerprint density at radius 2 is 1.75 bits per heavy atom. The molecular formula is C21H23ClN2O4. The summed E-state index contributed by atoms with van der Waals surface area (Å²) >= 11 is 0. The molecule has 1 aromatic heterocycles. The van der Waals surface area contributed by atoms with Crippen molar-refractivity contribution in [1.29, 1.82) is 0 Å². The predicted molar refractivity (Wildman–Crippen MR) is 109 cm³/mol. The van der Waals surface area contributed by atoms with Crippen LogP contribution in [0.1, 0.15) is 24.0 Å². The average Bonchev–Trinajstić information content (AvgIpc) is 3.08. The van der Waals surface area contributed by atoms with E-state index in [1.807, 2.05) is 48.7 Å². The number of rotatable bonds is 8. The Balaban J connectivity index is 0.00000280. The zero-order valence-electron chi connectivity index (χ0n) is 15.4. The van der Waals surface area contributed by atoms with E-state index in [1.54, 1.807) is 6.07 Å². The first-order chi connectivity index (χ1) is 13.2. The second-order valence-corrected chi connectivity index (χ2v) is 6.18. The molecule has 3 rings (SSSR count). The van der Waals surface area contributed by atoms with Gasteiger partial charge in [0.25, 0.3) is 0 Å². The quantitative estimate of drug-likeness (QED) is 0.444.